The van der Waals surface area contributed by atoms with Gasteiger partial charge >= 0.3 is 0 Å². The maximum atomic E-state index is 12.7. The Labute approximate surface area is 164 Å². The second-order valence-electron chi connectivity index (χ2n) is 6.17. The zero-order valence-electron chi connectivity index (χ0n) is 13.5. The first-order chi connectivity index (χ1) is 12.5. The highest BCUT2D eigenvalue weighted by molar-refractivity contribution is 8.19. The number of rotatable bonds is 2. The van der Waals surface area contributed by atoms with Crippen molar-refractivity contribution in [2.24, 2.45) is 0 Å². The highest BCUT2D eigenvalue weighted by atomic mass is 35.5. The molecular formula is C18H13ClN2O3S2. The molecule has 0 atom stereocenters. The fraction of sp³-hybridized carbons (Fsp3) is 0.222. The molecule has 0 saturated carbocycles. The van der Waals surface area contributed by atoms with Crippen molar-refractivity contribution in [1.82, 2.24) is 5.32 Å². The van der Waals surface area contributed by atoms with E-state index >= 15 is 0 Å². The molecule has 0 spiro atoms. The molecule has 0 radical (unpaired) electrons. The summed E-state index contributed by atoms with van der Waals surface area (Å²) in [6.07, 6.45) is 4.85. The zero-order valence-corrected chi connectivity index (χ0v) is 15.9. The lowest BCUT2D eigenvalue weighted by Crippen LogP contribution is -2.31. The predicted molar refractivity (Wildman–Crippen MR) is 106 cm³/mol. The van der Waals surface area contributed by atoms with Crippen LogP contribution in [0.2, 0.25) is 5.02 Å². The van der Waals surface area contributed by atoms with Crippen LogP contribution in [0, 0.1) is 0 Å². The van der Waals surface area contributed by atoms with Crippen LogP contribution in [0.1, 0.15) is 31.2 Å². The summed E-state index contributed by atoms with van der Waals surface area (Å²) in [6.45, 7) is 0. The van der Waals surface area contributed by atoms with Crippen LogP contribution in [0.5, 0.6) is 0 Å². The van der Waals surface area contributed by atoms with Crippen molar-refractivity contribution in [3.8, 4) is 0 Å². The first-order valence-corrected chi connectivity index (χ1v) is 9.71. The van der Waals surface area contributed by atoms with E-state index in [0.717, 1.165) is 24.6 Å². The number of thiocarbonyl (C=S) groups is 1. The summed E-state index contributed by atoms with van der Waals surface area (Å²) in [5, 5.41) is 2.75. The maximum Gasteiger partial charge on any atom is 0.289 e. The van der Waals surface area contributed by atoms with Crippen LogP contribution in [-0.2, 0) is 9.59 Å². The summed E-state index contributed by atoms with van der Waals surface area (Å²) in [4.78, 5) is 39.0. The molecule has 0 bridgehead atoms. The van der Waals surface area contributed by atoms with E-state index in [1.165, 1.54) is 4.90 Å². The summed E-state index contributed by atoms with van der Waals surface area (Å²) in [5.41, 5.74) is 2.34. The molecule has 132 valence electrons. The van der Waals surface area contributed by atoms with Crippen LogP contribution in [-0.4, -0.2) is 22.0 Å². The molecule has 4 rings (SSSR count). The third-order valence-corrected chi connectivity index (χ3v) is 6.18. The number of carbonyl (C=O) groups excluding carboxylic acids is 3. The molecule has 0 aromatic heterocycles. The lowest BCUT2D eigenvalue weighted by molar-refractivity contribution is -0.120. The highest BCUT2D eigenvalue weighted by Crippen LogP contribution is 2.37. The Kier molecular flexibility index (Phi) is 4.46. The minimum absolute atomic E-state index is 0.240. The van der Waals surface area contributed by atoms with Crippen LogP contribution in [0.3, 0.4) is 0 Å². The number of nitrogens with one attached hydrogen (secondary N) is 1. The standard InChI is InChI=1S/C18H13ClN2O3S2/c19-13-6-5-10(7-9(13)8-14-15(25)20-18(24)26-14)21-16(22)11-3-1-2-4-12(11)17(21)23/h5-8H,1-4H2,(H,20,24,25)/b14-8-. The Morgan fingerprint density at radius 2 is 1.77 bits per heavy atom. The summed E-state index contributed by atoms with van der Waals surface area (Å²) >= 11 is 12.4. The number of imide groups is 1. The lowest BCUT2D eigenvalue weighted by Gasteiger charge is -2.16. The van der Waals surface area contributed by atoms with Gasteiger partial charge in [-0.15, -0.1) is 0 Å². The predicted octanol–water partition coefficient (Wildman–Crippen LogP) is 4.21. The van der Waals surface area contributed by atoms with E-state index in [4.69, 9.17) is 23.8 Å². The number of amides is 3. The van der Waals surface area contributed by atoms with Gasteiger partial charge in [0, 0.05) is 16.2 Å². The SMILES string of the molecule is O=C1NC(=S)/C(=C/c2cc(N3C(=O)C4=C(CCCC4)C3=O)ccc2Cl)S1. The van der Waals surface area contributed by atoms with Crippen LogP contribution in [0.25, 0.3) is 6.08 Å². The van der Waals surface area contributed by atoms with E-state index in [1.807, 2.05) is 0 Å². The van der Waals surface area contributed by atoms with E-state index in [9.17, 15) is 14.4 Å². The normalized spacial score (nSPS) is 21.7. The summed E-state index contributed by atoms with van der Waals surface area (Å²) in [6, 6.07) is 4.97. The fourth-order valence-corrected chi connectivity index (χ4v) is 4.51. The van der Waals surface area contributed by atoms with Gasteiger partial charge in [-0.05, 0) is 67.3 Å². The molecule has 5 nitrogen and oxygen atoms in total. The van der Waals surface area contributed by atoms with Gasteiger partial charge in [0.2, 0.25) is 0 Å². The van der Waals surface area contributed by atoms with Crippen molar-refractivity contribution >= 4 is 69.4 Å². The van der Waals surface area contributed by atoms with Crippen LogP contribution >= 0.6 is 35.6 Å². The Morgan fingerprint density at radius 3 is 2.35 bits per heavy atom. The molecule has 3 aliphatic rings. The molecule has 1 aromatic rings. The molecule has 8 heteroatoms. The lowest BCUT2D eigenvalue weighted by atomic mass is 9.93. The second-order valence-corrected chi connectivity index (χ2v) is 8.00. The minimum Gasteiger partial charge on any atom is -0.307 e. The molecule has 26 heavy (non-hydrogen) atoms. The Morgan fingerprint density at radius 1 is 1.12 bits per heavy atom. The van der Waals surface area contributed by atoms with Gasteiger partial charge in [-0.3, -0.25) is 14.4 Å². The van der Waals surface area contributed by atoms with E-state index in [2.05, 4.69) is 5.32 Å². The van der Waals surface area contributed by atoms with Crippen LogP contribution in [0.15, 0.2) is 34.3 Å². The topological polar surface area (TPSA) is 66.5 Å². The van der Waals surface area contributed by atoms with E-state index in [-0.39, 0.29) is 17.1 Å². The van der Waals surface area contributed by atoms with Gasteiger partial charge in [0.25, 0.3) is 17.1 Å². The Bertz CT molecular complexity index is 924. The third kappa shape index (κ3) is 2.90. The molecule has 0 unspecified atom stereocenters. The van der Waals surface area contributed by atoms with E-state index < -0.39 is 0 Å². The van der Waals surface area contributed by atoms with E-state index in [1.54, 1.807) is 24.3 Å². The van der Waals surface area contributed by atoms with Gasteiger partial charge in [-0.25, -0.2) is 4.90 Å². The number of hydrogen-bond donors (Lipinski definition) is 1. The minimum atomic E-state index is -0.242. The van der Waals surface area contributed by atoms with Gasteiger partial charge in [-0.1, -0.05) is 23.8 Å². The molecule has 3 amide bonds. The van der Waals surface area contributed by atoms with Gasteiger partial charge in [0.15, 0.2) is 0 Å². The zero-order chi connectivity index (χ0) is 18.4. The van der Waals surface area contributed by atoms with Crippen molar-refractivity contribution in [3.05, 3.63) is 44.8 Å². The maximum absolute atomic E-state index is 12.7. The Hall–Kier alpha value is -1.96. The smallest absolute Gasteiger partial charge is 0.289 e. The monoisotopic (exact) mass is 404 g/mol. The van der Waals surface area contributed by atoms with Crippen molar-refractivity contribution < 1.29 is 14.4 Å². The van der Waals surface area contributed by atoms with Crippen LogP contribution in [0.4, 0.5) is 10.5 Å². The Balaban J connectivity index is 1.70. The number of anilines is 1. The van der Waals surface area contributed by atoms with Crippen molar-refractivity contribution in [1.29, 1.82) is 0 Å². The van der Waals surface area contributed by atoms with Gasteiger partial charge in [-0.2, -0.15) is 0 Å². The van der Waals surface area contributed by atoms with Crippen molar-refractivity contribution in [2.75, 3.05) is 4.90 Å². The molecule has 2 heterocycles. The molecule has 1 saturated heterocycles. The van der Waals surface area contributed by atoms with Crippen molar-refractivity contribution in [2.45, 2.75) is 25.7 Å². The largest absolute Gasteiger partial charge is 0.307 e. The highest BCUT2D eigenvalue weighted by Gasteiger charge is 2.39. The molecule has 1 aromatic carbocycles. The molecular weight excluding hydrogens is 392 g/mol. The number of nitrogens with zero attached hydrogens (tertiary/aromatic N) is 1. The summed E-state index contributed by atoms with van der Waals surface area (Å²) in [5.74, 6) is -0.485. The quantitative estimate of drug-likeness (QED) is 0.454. The third-order valence-electron chi connectivity index (χ3n) is 4.56. The van der Waals surface area contributed by atoms with Crippen LogP contribution < -0.4 is 10.2 Å². The second kappa shape index (κ2) is 6.64. The summed E-state index contributed by atoms with van der Waals surface area (Å²) in [7, 11) is 0. The number of carbonyl (C=O) groups is 3. The number of thioether (sulfide) groups is 1. The fourth-order valence-electron chi connectivity index (χ4n) is 3.32. The van der Waals surface area contributed by atoms with E-state index in [0.29, 0.717) is 50.2 Å². The van der Waals surface area contributed by atoms with Gasteiger partial charge < -0.3 is 5.32 Å². The first-order valence-electron chi connectivity index (χ1n) is 8.11. The summed E-state index contributed by atoms with van der Waals surface area (Å²) < 4.78 is 0. The van der Waals surface area contributed by atoms with Gasteiger partial charge in [0.1, 0.15) is 4.99 Å². The average molecular weight is 405 g/mol. The van der Waals surface area contributed by atoms with Crippen molar-refractivity contribution in [3.63, 3.8) is 0 Å². The molecule has 1 aliphatic carbocycles. The molecule has 1 fully saturated rings. The number of hydrogen-bond acceptors (Lipinski definition) is 5. The number of benzene rings is 1. The molecule has 1 N–H and O–H groups in total. The first kappa shape index (κ1) is 17.5. The van der Waals surface area contributed by atoms with Gasteiger partial charge in [0.05, 0.1) is 10.6 Å². The average Bonchev–Trinajstić information content (AvgIpc) is 3.07. The number of halogens is 1. The molecule has 2 aliphatic heterocycles.